The van der Waals surface area contributed by atoms with Gasteiger partial charge in [-0.05, 0) is 0 Å². The molecule has 0 fully saturated rings. The SMILES string of the molecule is O=C(C=CO)C=CO. The second-order valence-corrected chi connectivity index (χ2v) is 1.03. The molecular weight excluding hydrogens is 108 g/mol. The molecule has 0 aliphatic carbocycles. The third-order valence-electron chi connectivity index (χ3n) is 0.478. The molecule has 0 amide bonds. The van der Waals surface area contributed by atoms with E-state index in [4.69, 9.17) is 10.2 Å². The van der Waals surface area contributed by atoms with Crippen LogP contribution in [0.3, 0.4) is 0 Å². The van der Waals surface area contributed by atoms with E-state index in [1.807, 2.05) is 0 Å². The van der Waals surface area contributed by atoms with Crippen LogP contribution in [0.1, 0.15) is 0 Å². The Morgan fingerprint density at radius 1 is 1.12 bits per heavy atom. The summed E-state index contributed by atoms with van der Waals surface area (Å²) in [4.78, 5) is 10.1. The summed E-state index contributed by atoms with van der Waals surface area (Å²) in [5, 5.41) is 15.9. The summed E-state index contributed by atoms with van der Waals surface area (Å²) in [7, 11) is 0. The van der Waals surface area contributed by atoms with Crippen LogP contribution in [0.25, 0.3) is 0 Å². The molecule has 0 aliphatic rings. The molecule has 0 spiro atoms. The molecule has 44 valence electrons. The summed E-state index contributed by atoms with van der Waals surface area (Å²) in [5.41, 5.74) is 0. The number of carbonyl (C=O) groups excluding carboxylic acids is 1. The lowest BCUT2D eigenvalue weighted by atomic mass is 10.4. The van der Waals surface area contributed by atoms with Gasteiger partial charge in [-0.15, -0.1) is 0 Å². The highest BCUT2D eigenvalue weighted by molar-refractivity contribution is 5.98. The smallest absolute Gasteiger partial charge is 0.184 e. The lowest BCUT2D eigenvalue weighted by molar-refractivity contribution is -0.110. The Morgan fingerprint density at radius 3 is 1.75 bits per heavy atom. The number of aliphatic hydroxyl groups is 2. The van der Waals surface area contributed by atoms with E-state index < -0.39 is 5.78 Å². The highest BCUT2D eigenvalue weighted by atomic mass is 16.2. The Morgan fingerprint density at radius 2 is 1.50 bits per heavy atom. The van der Waals surface area contributed by atoms with E-state index >= 15 is 0 Å². The van der Waals surface area contributed by atoms with Crippen molar-refractivity contribution in [2.24, 2.45) is 0 Å². The van der Waals surface area contributed by atoms with Gasteiger partial charge in [0, 0.05) is 12.2 Å². The topological polar surface area (TPSA) is 57.5 Å². The van der Waals surface area contributed by atoms with Crippen molar-refractivity contribution >= 4 is 5.78 Å². The van der Waals surface area contributed by atoms with Gasteiger partial charge in [-0.2, -0.15) is 0 Å². The van der Waals surface area contributed by atoms with Crippen LogP contribution in [0, 0.1) is 0 Å². The van der Waals surface area contributed by atoms with Gasteiger partial charge in [0.15, 0.2) is 5.78 Å². The number of allylic oxidation sites excluding steroid dienone is 2. The molecule has 0 radical (unpaired) electrons. The van der Waals surface area contributed by atoms with Gasteiger partial charge in [-0.25, -0.2) is 0 Å². The maximum absolute atomic E-state index is 10.1. The molecule has 8 heavy (non-hydrogen) atoms. The first kappa shape index (κ1) is 6.75. The Bertz CT molecular complexity index is 110. The van der Waals surface area contributed by atoms with Crippen LogP contribution in [-0.2, 0) is 4.79 Å². The van der Waals surface area contributed by atoms with Crippen LogP contribution in [0.5, 0.6) is 0 Å². The van der Waals surface area contributed by atoms with Gasteiger partial charge >= 0.3 is 0 Å². The zero-order valence-electron chi connectivity index (χ0n) is 4.11. The fourth-order valence-electron chi connectivity index (χ4n) is 0.202. The summed E-state index contributed by atoms with van der Waals surface area (Å²) in [6.07, 6.45) is 3.07. The quantitative estimate of drug-likeness (QED) is 0.410. The van der Waals surface area contributed by atoms with Crippen molar-refractivity contribution in [3.8, 4) is 0 Å². The molecule has 0 aromatic heterocycles. The summed E-state index contributed by atoms with van der Waals surface area (Å²) in [6, 6.07) is 0. The molecule has 3 nitrogen and oxygen atoms in total. The van der Waals surface area contributed by atoms with Crippen LogP contribution < -0.4 is 0 Å². The lowest BCUT2D eigenvalue weighted by Gasteiger charge is -1.74. The van der Waals surface area contributed by atoms with Crippen LogP contribution >= 0.6 is 0 Å². The Kier molecular flexibility index (Phi) is 3.31. The second-order valence-electron chi connectivity index (χ2n) is 1.03. The van der Waals surface area contributed by atoms with Gasteiger partial charge in [0.25, 0.3) is 0 Å². The van der Waals surface area contributed by atoms with Crippen molar-refractivity contribution in [3.63, 3.8) is 0 Å². The third-order valence-corrected chi connectivity index (χ3v) is 0.478. The van der Waals surface area contributed by atoms with E-state index in [0.717, 1.165) is 12.2 Å². The van der Waals surface area contributed by atoms with Gasteiger partial charge in [0.1, 0.15) is 0 Å². The maximum Gasteiger partial charge on any atom is 0.184 e. The standard InChI is InChI=1S/C5H6O3/c6-3-1-5(8)2-4-7/h1-4,6-7H. The van der Waals surface area contributed by atoms with E-state index in [1.54, 1.807) is 0 Å². The van der Waals surface area contributed by atoms with Gasteiger partial charge in [0.05, 0.1) is 12.5 Å². The molecule has 0 atom stereocenters. The van der Waals surface area contributed by atoms with Crippen molar-refractivity contribution in [1.29, 1.82) is 0 Å². The molecule has 0 saturated heterocycles. The zero-order chi connectivity index (χ0) is 6.41. The van der Waals surface area contributed by atoms with Gasteiger partial charge in [-0.1, -0.05) is 0 Å². The third kappa shape index (κ3) is 2.96. The molecule has 0 aromatic rings. The number of ketones is 1. The first-order chi connectivity index (χ1) is 3.81. The van der Waals surface area contributed by atoms with Crippen LogP contribution in [0.2, 0.25) is 0 Å². The molecule has 0 heterocycles. The summed E-state index contributed by atoms with van der Waals surface area (Å²) in [5.74, 6) is -0.449. The molecule has 3 heteroatoms. The van der Waals surface area contributed by atoms with E-state index in [-0.39, 0.29) is 0 Å². The average Bonchev–Trinajstić information content (AvgIpc) is 1.68. The fourth-order valence-corrected chi connectivity index (χ4v) is 0.202. The minimum absolute atomic E-state index is 0.449. The summed E-state index contributed by atoms with van der Waals surface area (Å²) < 4.78 is 0. The fraction of sp³-hybridized carbons (Fsp3) is 0. The molecule has 0 saturated carbocycles. The predicted molar refractivity (Wildman–Crippen MR) is 28.5 cm³/mol. The molecule has 0 rings (SSSR count). The molecule has 0 bridgehead atoms. The van der Waals surface area contributed by atoms with Crippen molar-refractivity contribution in [2.45, 2.75) is 0 Å². The van der Waals surface area contributed by atoms with Crippen molar-refractivity contribution < 1.29 is 15.0 Å². The Balaban J connectivity index is 3.66. The van der Waals surface area contributed by atoms with E-state index in [9.17, 15) is 4.79 Å². The normalized spacial score (nSPS) is 11.0. The zero-order valence-corrected chi connectivity index (χ0v) is 4.11. The maximum atomic E-state index is 10.1. The van der Waals surface area contributed by atoms with Crippen LogP contribution in [0.4, 0.5) is 0 Å². The Hall–Kier alpha value is -1.25. The second kappa shape index (κ2) is 3.92. The average molecular weight is 114 g/mol. The highest BCUT2D eigenvalue weighted by Gasteiger charge is 1.83. The van der Waals surface area contributed by atoms with E-state index in [1.165, 1.54) is 0 Å². The number of rotatable bonds is 2. The number of hydrogen-bond donors (Lipinski definition) is 2. The molecule has 0 unspecified atom stereocenters. The minimum Gasteiger partial charge on any atom is -0.515 e. The largest absolute Gasteiger partial charge is 0.515 e. The summed E-state index contributed by atoms with van der Waals surface area (Å²) in [6.45, 7) is 0. The predicted octanol–water partition coefficient (Wildman–Crippen LogP) is 0.699. The highest BCUT2D eigenvalue weighted by Crippen LogP contribution is 1.75. The van der Waals surface area contributed by atoms with E-state index in [2.05, 4.69) is 0 Å². The lowest BCUT2D eigenvalue weighted by Crippen LogP contribution is -1.82. The van der Waals surface area contributed by atoms with Gasteiger partial charge < -0.3 is 10.2 Å². The molecule has 2 N–H and O–H groups in total. The molecular formula is C5H6O3. The molecule has 0 aliphatic heterocycles. The number of aliphatic hydroxyl groups excluding tert-OH is 2. The number of hydrogen-bond acceptors (Lipinski definition) is 3. The van der Waals surface area contributed by atoms with Crippen molar-refractivity contribution in [2.75, 3.05) is 0 Å². The monoisotopic (exact) mass is 114 g/mol. The van der Waals surface area contributed by atoms with Crippen molar-refractivity contribution in [3.05, 3.63) is 24.7 Å². The first-order valence-corrected chi connectivity index (χ1v) is 1.96. The van der Waals surface area contributed by atoms with E-state index in [0.29, 0.717) is 12.5 Å². The van der Waals surface area contributed by atoms with Gasteiger partial charge in [-0.3, -0.25) is 4.79 Å². The Labute approximate surface area is 46.6 Å². The molecule has 0 aromatic carbocycles. The first-order valence-electron chi connectivity index (χ1n) is 1.96. The number of carbonyl (C=O) groups is 1. The van der Waals surface area contributed by atoms with Gasteiger partial charge in [0.2, 0.25) is 0 Å². The van der Waals surface area contributed by atoms with Crippen LogP contribution in [-0.4, -0.2) is 16.0 Å². The van der Waals surface area contributed by atoms with Crippen LogP contribution in [0.15, 0.2) is 24.7 Å². The summed E-state index contributed by atoms with van der Waals surface area (Å²) >= 11 is 0. The van der Waals surface area contributed by atoms with Crippen molar-refractivity contribution in [1.82, 2.24) is 0 Å². The minimum atomic E-state index is -0.449.